The van der Waals surface area contributed by atoms with E-state index < -0.39 is 6.09 Å². The van der Waals surface area contributed by atoms with Gasteiger partial charge in [0.05, 0.1) is 0 Å². The molecule has 4 heteroatoms. The molecule has 1 amide bonds. The Labute approximate surface area is 84.3 Å². The SMILES string of the molecule is CC1CNC2(CCCC2)CN1C(=O)O. The Morgan fingerprint density at radius 1 is 1.50 bits per heavy atom. The van der Waals surface area contributed by atoms with Crippen molar-refractivity contribution in [2.45, 2.75) is 44.2 Å². The average molecular weight is 198 g/mol. The molecule has 0 aromatic rings. The minimum absolute atomic E-state index is 0.102. The van der Waals surface area contributed by atoms with Gasteiger partial charge in [-0.2, -0.15) is 0 Å². The molecular formula is C10H18N2O2. The molecule has 0 aromatic heterocycles. The van der Waals surface area contributed by atoms with Crippen LogP contribution in [0.4, 0.5) is 4.79 Å². The first-order valence-electron chi connectivity index (χ1n) is 5.38. The van der Waals surface area contributed by atoms with E-state index in [1.807, 2.05) is 6.92 Å². The average Bonchev–Trinajstić information content (AvgIpc) is 2.58. The Hall–Kier alpha value is -0.770. The molecule has 2 rings (SSSR count). The standard InChI is InChI=1S/C10H18N2O2/c1-8-6-11-10(4-2-3-5-10)7-12(8)9(13)14/h8,11H,2-7H2,1H3,(H,13,14). The van der Waals surface area contributed by atoms with E-state index in [2.05, 4.69) is 5.32 Å². The number of rotatable bonds is 0. The van der Waals surface area contributed by atoms with E-state index in [1.165, 1.54) is 12.8 Å². The van der Waals surface area contributed by atoms with Crippen LogP contribution in [-0.2, 0) is 0 Å². The van der Waals surface area contributed by atoms with Gasteiger partial charge >= 0.3 is 6.09 Å². The first kappa shape index (κ1) is 9.77. The third-order valence-corrected chi connectivity index (χ3v) is 3.58. The molecule has 0 bridgehead atoms. The number of piperazine rings is 1. The molecule has 80 valence electrons. The zero-order valence-corrected chi connectivity index (χ0v) is 8.62. The molecule has 1 heterocycles. The van der Waals surface area contributed by atoms with Crippen molar-refractivity contribution < 1.29 is 9.90 Å². The largest absolute Gasteiger partial charge is 0.465 e. The van der Waals surface area contributed by atoms with Crippen LogP contribution in [0.5, 0.6) is 0 Å². The van der Waals surface area contributed by atoms with Gasteiger partial charge in [-0.05, 0) is 19.8 Å². The minimum atomic E-state index is -0.773. The van der Waals surface area contributed by atoms with Crippen molar-refractivity contribution in [3.63, 3.8) is 0 Å². The number of hydrogen-bond donors (Lipinski definition) is 2. The Morgan fingerprint density at radius 3 is 2.71 bits per heavy atom. The summed E-state index contributed by atoms with van der Waals surface area (Å²) >= 11 is 0. The van der Waals surface area contributed by atoms with Gasteiger partial charge in [0.1, 0.15) is 0 Å². The summed E-state index contributed by atoms with van der Waals surface area (Å²) in [5, 5.41) is 12.6. The van der Waals surface area contributed by atoms with E-state index in [1.54, 1.807) is 4.90 Å². The summed E-state index contributed by atoms with van der Waals surface area (Å²) in [7, 11) is 0. The fourth-order valence-corrected chi connectivity index (χ4v) is 2.66. The maximum absolute atomic E-state index is 11.0. The molecule has 1 saturated heterocycles. The van der Waals surface area contributed by atoms with Gasteiger partial charge in [0.2, 0.25) is 0 Å². The highest BCUT2D eigenvalue weighted by atomic mass is 16.4. The van der Waals surface area contributed by atoms with Crippen molar-refractivity contribution in [2.75, 3.05) is 13.1 Å². The molecule has 1 aliphatic heterocycles. The summed E-state index contributed by atoms with van der Waals surface area (Å²) in [4.78, 5) is 12.6. The molecule has 2 N–H and O–H groups in total. The van der Waals surface area contributed by atoms with Crippen LogP contribution >= 0.6 is 0 Å². The van der Waals surface area contributed by atoms with Gasteiger partial charge in [0.25, 0.3) is 0 Å². The first-order chi connectivity index (χ1) is 6.63. The van der Waals surface area contributed by atoms with Gasteiger partial charge in [0.15, 0.2) is 0 Å². The fourth-order valence-electron chi connectivity index (χ4n) is 2.66. The van der Waals surface area contributed by atoms with Crippen LogP contribution in [0.2, 0.25) is 0 Å². The minimum Gasteiger partial charge on any atom is -0.465 e. The van der Waals surface area contributed by atoms with E-state index >= 15 is 0 Å². The van der Waals surface area contributed by atoms with E-state index in [-0.39, 0.29) is 11.6 Å². The summed E-state index contributed by atoms with van der Waals surface area (Å²) in [5.74, 6) is 0. The molecule has 0 radical (unpaired) electrons. The lowest BCUT2D eigenvalue weighted by molar-refractivity contribution is 0.0768. The third-order valence-electron chi connectivity index (χ3n) is 3.58. The molecule has 1 spiro atoms. The van der Waals surface area contributed by atoms with Crippen LogP contribution in [0.3, 0.4) is 0 Å². The molecular weight excluding hydrogens is 180 g/mol. The lowest BCUT2D eigenvalue weighted by Crippen LogP contribution is -2.63. The van der Waals surface area contributed by atoms with Gasteiger partial charge < -0.3 is 15.3 Å². The summed E-state index contributed by atoms with van der Waals surface area (Å²) in [6, 6.07) is 0.110. The summed E-state index contributed by atoms with van der Waals surface area (Å²) in [5.41, 5.74) is 0.102. The Morgan fingerprint density at radius 2 is 2.14 bits per heavy atom. The zero-order chi connectivity index (χ0) is 10.2. The van der Waals surface area contributed by atoms with Crippen molar-refractivity contribution in [1.82, 2.24) is 10.2 Å². The summed E-state index contributed by atoms with van der Waals surface area (Å²) < 4.78 is 0. The predicted molar refractivity (Wildman–Crippen MR) is 53.4 cm³/mol. The Bertz CT molecular complexity index is 236. The number of amides is 1. The molecule has 1 unspecified atom stereocenters. The lowest BCUT2D eigenvalue weighted by Gasteiger charge is -2.43. The molecule has 1 atom stereocenters. The fraction of sp³-hybridized carbons (Fsp3) is 0.900. The number of carbonyl (C=O) groups is 1. The second-order valence-electron chi connectivity index (χ2n) is 4.63. The maximum atomic E-state index is 11.0. The summed E-state index contributed by atoms with van der Waals surface area (Å²) in [6.07, 6.45) is 3.95. The van der Waals surface area contributed by atoms with Gasteiger partial charge in [-0.3, -0.25) is 0 Å². The second kappa shape index (κ2) is 3.42. The number of nitrogens with zero attached hydrogens (tertiary/aromatic N) is 1. The van der Waals surface area contributed by atoms with Crippen LogP contribution < -0.4 is 5.32 Å². The maximum Gasteiger partial charge on any atom is 0.407 e. The van der Waals surface area contributed by atoms with E-state index in [4.69, 9.17) is 5.11 Å². The van der Waals surface area contributed by atoms with Gasteiger partial charge in [-0.25, -0.2) is 4.79 Å². The molecule has 4 nitrogen and oxygen atoms in total. The van der Waals surface area contributed by atoms with Crippen molar-refractivity contribution >= 4 is 6.09 Å². The van der Waals surface area contributed by atoms with Gasteiger partial charge in [0, 0.05) is 24.7 Å². The Balaban J connectivity index is 2.08. The third kappa shape index (κ3) is 1.59. The van der Waals surface area contributed by atoms with Gasteiger partial charge in [-0.1, -0.05) is 12.8 Å². The number of hydrogen-bond acceptors (Lipinski definition) is 2. The number of nitrogens with one attached hydrogen (secondary N) is 1. The quantitative estimate of drug-likeness (QED) is 0.616. The Kier molecular flexibility index (Phi) is 2.39. The van der Waals surface area contributed by atoms with Crippen LogP contribution in [0.1, 0.15) is 32.6 Å². The molecule has 2 fully saturated rings. The van der Waals surface area contributed by atoms with Crippen molar-refractivity contribution in [3.8, 4) is 0 Å². The van der Waals surface area contributed by atoms with Gasteiger partial charge in [-0.15, -0.1) is 0 Å². The van der Waals surface area contributed by atoms with E-state index in [0.717, 1.165) is 19.4 Å². The van der Waals surface area contributed by atoms with E-state index in [0.29, 0.717) is 6.54 Å². The smallest absolute Gasteiger partial charge is 0.407 e. The monoisotopic (exact) mass is 198 g/mol. The van der Waals surface area contributed by atoms with Crippen molar-refractivity contribution in [2.24, 2.45) is 0 Å². The first-order valence-corrected chi connectivity index (χ1v) is 5.38. The number of carboxylic acid groups (broad SMARTS) is 1. The lowest BCUT2D eigenvalue weighted by atomic mass is 9.93. The normalized spacial score (nSPS) is 30.9. The highest BCUT2D eigenvalue weighted by molar-refractivity contribution is 5.65. The molecule has 14 heavy (non-hydrogen) atoms. The van der Waals surface area contributed by atoms with Crippen LogP contribution in [0, 0.1) is 0 Å². The summed E-state index contributed by atoms with van der Waals surface area (Å²) in [6.45, 7) is 3.43. The predicted octanol–water partition coefficient (Wildman–Crippen LogP) is 1.27. The van der Waals surface area contributed by atoms with Crippen LogP contribution in [-0.4, -0.2) is 40.8 Å². The molecule has 1 aliphatic carbocycles. The molecule has 0 aromatic carbocycles. The highest BCUT2D eigenvalue weighted by Crippen LogP contribution is 2.32. The van der Waals surface area contributed by atoms with Crippen LogP contribution in [0.25, 0.3) is 0 Å². The van der Waals surface area contributed by atoms with E-state index in [9.17, 15) is 4.79 Å². The zero-order valence-electron chi connectivity index (χ0n) is 8.62. The van der Waals surface area contributed by atoms with Crippen LogP contribution in [0.15, 0.2) is 0 Å². The van der Waals surface area contributed by atoms with Crippen molar-refractivity contribution in [3.05, 3.63) is 0 Å². The second-order valence-corrected chi connectivity index (χ2v) is 4.63. The highest BCUT2D eigenvalue weighted by Gasteiger charge is 2.41. The molecule has 1 saturated carbocycles. The van der Waals surface area contributed by atoms with Crippen molar-refractivity contribution in [1.29, 1.82) is 0 Å². The molecule has 2 aliphatic rings. The topological polar surface area (TPSA) is 52.6 Å².